The molecule has 0 heterocycles. The van der Waals surface area contributed by atoms with E-state index in [2.05, 4.69) is 6.07 Å². The van der Waals surface area contributed by atoms with E-state index in [0.29, 0.717) is 29.7 Å². The SMILES string of the molecule is CCOC(=O)Cc1c(C#N)cc(CO)cc1CC. The monoisotopic (exact) mass is 247 g/mol. The first kappa shape index (κ1) is 14.2. The van der Waals surface area contributed by atoms with E-state index in [1.54, 1.807) is 13.0 Å². The molecular weight excluding hydrogens is 230 g/mol. The number of benzene rings is 1. The lowest BCUT2D eigenvalue weighted by molar-refractivity contribution is -0.142. The number of carbonyl (C=O) groups excluding carboxylic acids is 1. The predicted octanol–water partition coefficient (Wildman–Crippen LogP) is 1.72. The lowest BCUT2D eigenvalue weighted by Crippen LogP contribution is -2.11. The minimum atomic E-state index is -0.333. The Morgan fingerprint density at radius 3 is 2.67 bits per heavy atom. The highest BCUT2D eigenvalue weighted by Gasteiger charge is 2.14. The highest BCUT2D eigenvalue weighted by molar-refractivity contribution is 5.74. The second-order valence-electron chi connectivity index (χ2n) is 3.89. The molecule has 0 aromatic heterocycles. The zero-order valence-electron chi connectivity index (χ0n) is 10.7. The number of nitrogens with zero attached hydrogens (tertiary/aromatic N) is 1. The van der Waals surface area contributed by atoms with E-state index in [-0.39, 0.29) is 19.0 Å². The van der Waals surface area contributed by atoms with Gasteiger partial charge in [0.05, 0.1) is 31.3 Å². The van der Waals surface area contributed by atoms with Crippen LogP contribution in [0.5, 0.6) is 0 Å². The maximum absolute atomic E-state index is 11.5. The third-order valence-corrected chi connectivity index (χ3v) is 2.71. The number of nitriles is 1. The van der Waals surface area contributed by atoms with Crippen molar-refractivity contribution < 1.29 is 14.6 Å². The summed E-state index contributed by atoms with van der Waals surface area (Å²) in [6.07, 6.45) is 0.808. The zero-order chi connectivity index (χ0) is 13.5. The van der Waals surface area contributed by atoms with Crippen LogP contribution < -0.4 is 0 Å². The van der Waals surface area contributed by atoms with Gasteiger partial charge in [-0.3, -0.25) is 4.79 Å². The molecule has 96 valence electrons. The Labute approximate surface area is 107 Å². The van der Waals surface area contributed by atoms with Crippen LogP contribution in [0.3, 0.4) is 0 Å². The summed E-state index contributed by atoms with van der Waals surface area (Å²) in [6.45, 7) is 3.92. The van der Waals surface area contributed by atoms with Crippen LogP contribution in [0.25, 0.3) is 0 Å². The van der Waals surface area contributed by atoms with Crippen LogP contribution >= 0.6 is 0 Å². The summed E-state index contributed by atoms with van der Waals surface area (Å²) < 4.78 is 4.90. The first-order valence-corrected chi connectivity index (χ1v) is 5.97. The second kappa shape index (κ2) is 6.77. The van der Waals surface area contributed by atoms with Crippen molar-refractivity contribution in [3.63, 3.8) is 0 Å². The fraction of sp³-hybridized carbons (Fsp3) is 0.429. The van der Waals surface area contributed by atoms with Gasteiger partial charge in [0.1, 0.15) is 0 Å². The third-order valence-electron chi connectivity index (χ3n) is 2.71. The quantitative estimate of drug-likeness (QED) is 0.804. The molecule has 4 heteroatoms. The molecule has 0 unspecified atom stereocenters. The maximum atomic E-state index is 11.5. The number of hydrogen-bond donors (Lipinski definition) is 1. The number of aliphatic hydroxyl groups excluding tert-OH is 1. The molecule has 4 nitrogen and oxygen atoms in total. The smallest absolute Gasteiger partial charge is 0.310 e. The van der Waals surface area contributed by atoms with Crippen molar-refractivity contribution in [2.24, 2.45) is 0 Å². The minimum Gasteiger partial charge on any atom is -0.466 e. The van der Waals surface area contributed by atoms with Gasteiger partial charge in [-0.25, -0.2) is 0 Å². The molecule has 1 aromatic rings. The van der Waals surface area contributed by atoms with Crippen LogP contribution in [-0.4, -0.2) is 17.7 Å². The van der Waals surface area contributed by atoms with Gasteiger partial charge in [0, 0.05) is 0 Å². The van der Waals surface area contributed by atoms with Crippen molar-refractivity contribution in [3.8, 4) is 6.07 Å². The van der Waals surface area contributed by atoms with E-state index in [4.69, 9.17) is 15.1 Å². The van der Waals surface area contributed by atoms with Gasteiger partial charge in [0.2, 0.25) is 0 Å². The van der Waals surface area contributed by atoms with Crippen molar-refractivity contribution in [2.45, 2.75) is 33.3 Å². The number of aliphatic hydroxyl groups is 1. The fourth-order valence-corrected chi connectivity index (χ4v) is 1.87. The Bertz CT molecular complexity index is 475. The summed E-state index contributed by atoms with van der Waals surface area (Å²) in [4.78, 5) is 11.5. The summed E-state index contributed by atoms with van der Waals surface area (Å²) in [7, 11) is 0. The van der Waals surface area contributed by atoms with E-state index >= 15 is 0 Å². The molecule has 0 fully saturated rings. The average Bonchev–Trinajstić information content (AvgIpc) is 2.39. The first-order valence-electron chi connectivity index (χ1n) is 5.97. The fourth-order valence-electron chi connectivity index (χ4n) is 1.87. The maximum Gasteiger partial charge on any atom is 0.310 e. The standard InChI is InChI=1S/C14H17NO3/c1-3-11-5-10(9-16)6-12(8-15)13(11)7-14(17)18-4-2/h5-6,16H,3-4,7,9H2,1-2H3. The molecule has 0 aliphatic heterocycles. The van der Waals surface area contributed by atoms with Crippen molar-refractivity contribution in [3.05, 3.63) is 34.4 Å². The lowest BCUT2D eigenvalue weighted by Gasteiger charge is -2.11. The van der Waals surface area contributed by atoms with E-state index in [9.17, 15) is 4.79 Å². The van der Waals surface area contributed by atoms with Gasteiger partial charge in [0.25, 0.3) is 0 Å². The molecule has 0 saturated carbocycles. The van der Waals surface area contributed by atoms with Gasteiger partial charge >= 0.3 is 5.97 Å². The number of aryl methyl sites for hydroxylation is 1. The zero-order valence-corrected chi connectivity index (χ0v) is 10.7. The van der Waals surface area contributed by atoms with Crippen molar-refractivity contribution in [1.29, 1.82) is 5.26 Å². The van der Waals surface area contributed by atoms with E-state index < -0.39 is 0 Å². The summed E-state index contributed by atoms with van der Waals surface area (Å²) in [5.74, 6) is -0.333. The predicted molar refractivity (Wildman–Crippen MR) is 66.8 cm³/mol. The molecule has 1 N–H and O–H groups in total. The minimum absolute atomic E-state index is 0.103. The van der Waals surface area contributed by atoms with Gasteiger partial charge in [-0.1, -0.05) is 13.0 Å². The van der Waals surface area contributed by atoms with Crippen molar-refractivity contribution in [1.82, 2.24) is 0 Å². The average molecular weight is 247 g/mol. The highest BCUT2D eigenvalue weighted by Crippen LogP contribution is 2.19. The Morgan fingerprint density at radius 2 is 2.17 bits per heavy atom. The lowest BCUT2D eigenvalue weighted by atomic mass is 9.94. The Hall–Kier alpha value is -1.86. The van der Waals surface area contributed by atoms with Crippen LogP contribution in [0.15, 0.2) is 12.1 Å². The van der Waals surface area contributed by atoms with Gasteiger partial charge in [-0.2, -0.15) is 5.26 Å². The Morgan fingerprint density at radius 1 is 1.44 bits per heavy atom. The second-order valence-corrected chi connectivity index (χ2v) is 3.89. The van der Waals surface area contributed by atoms with Gasteiger partial charge < -0.3 is 9.84 Å². The molecule has 1 rings (SSSR count). The van der Waals surface area contributed by atoms with E-state index in [0.717, 1.165) is 5.56 Å². The molecule has 0 aliphatic rings. The third kappa shape index (κ3) is 3.31. The number of hydrogen-bond acceptors (Lipinski definition) is 4. The topological polar surface area (TPSA) is 70.3 Å². The normalized spacial score (nSPS) is 9.89. The summed E-state index contributed by atoms with van der Waals surface area (Å²) in [5, 5.41) is 18.3. The molecule has 0 aliphatic carbocycles. The van der Waals surface area contributed by atoms with Gasteiger partial charge in [-0.05, 0) is 36.1 Å². The summed E-state index contributed by atoms with van der Waals surface area (Å²) in [5.41, 5.74) is 2.74. The number of ether oxygens (including phenoxy) is 1. The first-order chi connectivity index (χ1) is 8.65. The van der Waals surface area contributed by atoms with E-state index in [1.807, 2.05) is 13.0 Å². The molecule has 1 aromatic carbocycles. The number of carbonyl (C=O) groups is 1. The van der Waals surface area contributed by atoms with Crippen LogP contribution in [0.1, 0.15) is 36.1 Å². The van der Waals surface area contributed by atoms with Crippen LogP contribution in [0, 0.1) is 11.3 Å². The molecule has 0 saturated heterocycles. The molecule has 0 amide bonds. The molecule has 0 radical (unpaired) electrons. The van der Waals surface area contributed by atoms with Gasteiger partial charge in [0.15, 0.2) is 0 Å². The van der Waals surface area contributed by atoms with Crippen LogP contribution in [-0.2, 0) is 29.0 Å². The van der Waals surface area contributed by atoms with Crippen molar-refractivity contribution in [2.75, 3.05) is 6.61 Å². The largest absolute Gasteiger partial charge is 0.466 e. The Balaban J connectivity index is 3.15. The van der Waals surface area contributed by atoms with Crippen molar-refractivity contribution >= 4 is 5.97 Å². The molecule has 0 atom stereocenters. The van der Waals surface area contributed by atoms with E-state index in [1.165, 1.54) is 0 Å². The molecule has 0 bridgehead atoms. The Kier molecular flexibility index (Phi) is 5.34. The summed E-state index contributed by atoms with van der Waals surface area (Å²) >= 11 is 0. The molecule has 0 spiro atoms. The molecule has 18 heavy (non-hydrogen) atoms. The number of esters is 1. The highest BCUT2D eigenvalue weighted by atomic mass is 16.5. The molecular formula is C14H17NO3. The number of rotatable bonds is 5. The van der Waals surface area contributed by atoms with Crippen LogP contribution in [0.4, 0.5) is 0 Å². The van der Waals surface area contributed by atoms with Crippen LogP contribution in [0.2, 0.25) is 0 Å². The van der Waals surface area contributed by atoms with Gasteiger partial charge in [-0.15, -0.1) is 0 Å². The summed E-state index contributed by atoms with van der Waals surface area (Å²) in [6, 6.07) is 5.52.